The van der Waals surface area contributed by atoms with Gasteiger partial charge in [-0.2, -0.15) is 0 Å². The van der Waals surface area contributed by atoms with Crippen LogP contribution in [-0.4, -0.2) is 36.6 Å². The molecule has 2 fully saturated rings. The standard InChI is InChI=1S/C17H34N2/c1-14(2)10-11-18-13-15(3)19-12-6-8-16-7-4-5-9-17(16)19/h14-18H,4-13H2,1-3H3/t15?,16-,17-/m1/s1. The van der Waals surface area contributed by atoms with Gasteiger partial charge in [0.05, 0.1) is 0 Å². The maximum atomic E-state index is 3.67. The Hall–Kier alpha value is -0.0800. The highest BCUT2D eigenvalue weighted by molar-refractivity contribution is 4.90. The Labute approximate surface area is 120 Å². The molecule has 0 radical (unpaired) electrons. The third kappa shape index (κ3) is 4.46. The van der Waals surface area contributed by atoms with E-state index in [2.05, 4.69) is 31.0 Å². The van der Waals surface area contributed by atoms with Gasteiger partial charge in [0.2, 0.25) is 0 Å². The first kappa shape index (κ1) is 15.3. The van der Waals surface area contributed by atoms with Crippen LogP contribution >= 0.6 is 0 Å². The molecule has 2 nitrogen and oxygen atoms in total. The van der Waals surface area contributed by atoms with E-state index in [0.29, 0.717) is 0 Å². The van der Waals surface area contributed by atoms with Gasteiger partial charge in [-0.05, 0) is 64.0 Å². The molecule has 1 heterocycles. The highest BCUT2D eigenvalue weighted by atomic mass is 15.2. The van der Waals surface area contributed by atoms with Crippen LogP contribution in [0, 0.1) is 11.8 Å². The summed E-state index contributed by atoms with van der Waals surface area (Å²) < 4.78 is 0. The number of rotatable bonds is 6. The van der Waals surface area contributed by atoms with E-state index in [1.54, 1.807) is 0 Å². The van der Waals surface area contributed by atoms with Crippen molar-refractivity contribution < 1.29 is 0 Å². The Bertz CT molecular complexity index is 250. The summed E-state index contributed by atoms with van der Waals surface area (Å²) >= 11 is 0. The lowest BCUT2D eigenvalue weighted by Gasteiger charge is -2.47. The second kappa shape index (κ2) is 7.64. The fourth-order valence-corrected chi connectivity index (χ4v) is 4.03. The van der Waals surface area contributed by atoms with Crippen LogP contribution in [0.15, 0.2) is 0 Å². The van der Waals surface area contributed by atoms with Crippen LogP contribution in [0.3, 0.4) is 0 Å². The Morgan fingerprint density at radius 2 is 1.79 bits per heavy atom. The zero-order chi connectivity index (χ0) is 13.7. The molecule has 1 saturated carbocycles. The van der Waals surface area contributed by atoms with Crippen LogP contribution < -0.4 is 5.32 Å². The van der Waals surface area contributed by atoms with Gasteiger partial charge in [0.15, 0.2) is 0 Å². The van der Waals surface area contributed by atoms with Crippen molar-refractivity contribution in [3.05, 3.63) is 0 Å². The molecule has 1 N–H and O–H groups in total. The number of hydrogen-bond donors (Lipinski definition) is 1. The van der Waals surface area contributed by atoms with E-state index in [-0.39, 0.29) is 0 Å². The third-order valence-electron chi connectivity index (χ3n) is 5.19. The number of nitrogens with one attached hydrogen (secondary N) is 1. The molecule has 0 aromatic heterocycles. The molecule has 1 aliphatic heterocycles. The van der Waals surface area contributed by atoms with E-state index < -0.39 is 0 Å². The normalized spacial score (nSPS) is 30.3. The van der Waals surface area contributed by atoms with E-state index in [9.17, 15) is 0 Å². The Morgan fingerprint density at radius 3 is 2.58 bits per heavy atom. The van der Waals surface area contributed by atoms with Crippen LogP contribution in [0.4, 0.5) is 0 Å². The zero-order valence-electron chi connectivity index (χ0n) is 13.3. The molecule has 0 aromatic carbocycles. The molecule has 2 rings (SSSR count). The minimum Gasteiger partial charge on any atom is -0.315 e. The lowest BCUT2D eigenvalue weighted by atomic mass is 9.78. The molecule has 2 heteroatoms. The highest BCUT2D eigenvalue weighted by Gasteiger charge is 2.34. The highest BCUT2D eigenvalue weighted by Crippen LogP contribution is 2.36. The van der Waals surface area contributed by atoms with Gasteiger partial charge in [-0.3, -0.25) is 4.90 Å². The predicted molar refractivity (Wildman–Crippen MR) is 83.5 cm³/mol. The van der Waals surface area contributed by atoms with Crippen molar-refractivity contribution >= 4 is 0 Å². The van der Waals surface area contributed by atoms with Crippen LogP contribution in [-0.2, 0) is 0 Å². The summed E-state index contributed by atoms with van der Waals surface area (Å²) in [5.41, 5.74) is 0. The minimum atomic E-state index is 0.720. The van der Waals surface area contributed by atoms with Gasteiger partial charge in [0.25, 0.3) is 0 Å². The molecule has 112 valence electrons. The average Bonchev–Trinajstić information content (AvgIpc) is 2.42. The van der Waals surface area contributed by atoms with Gasteiger partial charge < -0.3 is 5.32 Å². The van der Waals surface area contributed by atoms with Crippen LogP contribution in [0.2, 0.25) is 0 Å². The number of likely N-dealkylation sites (tertiary alicyclic amines) is 1. The molecule has 1 aliphatic carbocycles. The largest absolute Gasteiger partial charge is 0.315 e. The lowest BCUT2D eigenvalue weighted by Crippen LogP contribution is -2.53. The summed E-state index contributed by atoms with van der Waals surface area (Å²) in [7, 11) is 0. The van der Waals surface area contributed by atoms with E-state index in [1.807, 2.05) is 0 Å². The fourth-order valence-electron chi connectivity index (χ4n) is 4.03. The molecule has 1 saturated heterocycles. The summed E-state index contributed by atoms with van der Waals surface area (Å²) in [6, 6.07) is 1.63. The van der Waals surface area contributed by atoms with Crippen molar-refractivity contribution in [3.63, 3.8) is 0 Å². The van der Waals surface area contributed by atoms with Gasteiger partial charge in [-0.1, -0.05) is 26.7 Å². The van der Waals surface area contributed by atoms with Gasteiger partial charge in [0, 0.05) is 18.6 Å². The van der Waals surface area contributed by atoms with E-state index in [0.717, 1.165) is 23.9 Å². The molecule has 0 aromatic rings. The lowest BCUT2D eigenvalue weighted by molar-refractivity contribution is 0.0315. The topological polar surface area (TPSA) is 15.3 Å². The zero-order valence-corrected chi connectivity index (χ0v) is 13.3. The van der Waals surface area contributed by atoms with Crippen molar-refractivity contribution in [3.8, 4) is 0 Å². The number of nitrogens with zero attached hydrogens (tertiary/aromatic N) is 1. The summed E-state index contributed by atoms with van der Waals surface area (Å²) in [5, 5.41) is 3.67. The molecule has 0 spiro atoms. The molecule has 0 amide bonds. The molecule has 19 heavy (non-hydrogen) atoms. The molecule has 2 aliphatic rings. The monoisotopic (exact) mass is 266 g/mol. The van der Waals surface area contributed by atoms with Crippen molar-refractivity contribution in [1.82, 2.24) is 10.2 Å². The van der Waals surface area contributed by atoms with Crippen LogP contribution in [0.25, 0.3) is 0 Å². The maximum absolute atomic E-state index is 3.67. The molecule has 3 atom stereocenters. The predicted octanol–water partition coefficient (Wildman–Crippen LogP) is 3.67. The van der Waals surface area contributed by atoms with Crippen molar-refractivity contribution in [2.24, 2.45) is 11.8 Å². The van der Waals surface area contributed by atoms with Crippen LogP contribution in [0.5, 0.6) is 0 Å². The molecule has 0 bridgehead atoms. The third-order valence-corrected chi connectivity index (χ3v) is 5.19. The summed E-state index contributed by atoms with van der Waals surface area (Å²) in [5.74, 6) is 1.83. The fraction of sp³-hybridized carbons (Fsp3) is 1.00. The Kier molecular flexibility index (Phi) is 6.15. The maximum Gasteiger partial charge on any atom is 0.0195 e. The van der Waals surface area contributed by atoms with E-state index in [4.69, 9.17) is 0 Å². The first-order valence-corrected chi connectivity index (χ1v) is 8.65. The van der Waals surface area contributed by atoms with Crippen molar-refractivity contribution in [1.29, 1.82) is 0 Å². The average molecular weight is 266 g/mol. The van der Waals surface area contributed by atoms with E-state index >= 15 is 0 Å². The van der Waals surface area contributed by atoms with Crippen LogP contribution in [0.1, 0.15) is 65.7 Å². The first-order chi connectivity index (χ1) is 9.18. The van der Waals surface area contributed by atoms with Gasteiger partial charge in [-0.25, -0.2) is 0 Å². The smallest absolute Gasteiger partial charge is 0.0195 e. The summed E-state index contributed by atoms with van der Waals surface area (Å²) in [6.07, 6.45) is 10.1. The van der Waals surface area contributed by atoms with Gasteiger partial charge in [-0.15, -0.1) is 0 Å². The second-order valence-electron chi connectivity index (χ2n) is 7.23. The van der Waals surface area contributed by atoms with Crippen molar-refractivity contribution in [2.45, 2.75) is 77.8 Å². The number of hydrogen-bond acceptors (Lipinski definition) is 2. The number of piperidine rings is 1. The van der Waals surface area contributed by atoms with Gasteiger partial charge >= 0.3 is 0 Å². The summed E-state index contributed by atoms with van der Waals surface area (Å²) in [6.45, 7) is 10.7. The minimum absolute atomic E-state index is 0.720. The quantitative estimate of drug-likeness (QED) is 0.738. The Morgan fingerprint density at radius 1 is 1.05 bits per heavy atom. The Balaban J connectivity index is 1.75. The van der Waals surface area contributed by atoms with Crippen molar-refractivity contribution in [2.75, 3.05) is 19.6 Å². The number of fused-ring (bicyclic) bond motifs is 1. The second-order valence-corrected chi connectivity index (χ2v) is 7.23. The molecular weight excluding hydrogens is 232 g/mol. The molecule has 1 unspecified atom stereocenters. The summed E-state index contributed by atoms with van der Waals surface area (Å²) in [4.78, 5) is 2.83. The van der Waals surface area contributed by atoms with E-state index in [1.165, 1.54) is 64.6 Å². The molecular formula is C17H34N2. The first-order valence-electron chi connectivity index (χ1n) is 8.65. The van der Waals surface area contributed by atoms with Gasteiger partial charge in [0.1, 0.15) is 0 Å². The SMILES string of the molecule is CC(C)CCNCC(C)N1CCC[C@H]2CCCC[C@H]21.